The Kier molecular flexibility index (Phi) is 9.09. The van der Waals surface area contributed by atoms with Crippen LogP contribution in [0.1, 0.15) is 26.3 Å². The Morgan fingerprint density at radius 1 is 0.762 bits per heavy atom. The fraction of sp³-hybridized carbons (Fsp3) is 0.200. The molecule has 1 atom stereocenters. The Balaban J connectivity index is 2.01. The number of nitrogens with one attached hydrogen (secondary N) is 1. The third kappa shape index (κ3) is 5.72. The van der Waals surface area contributed by atoms with Gasteiger partial charge in [0.05, 0.1) is 22.5 Å². The van der Waals surface area contributed by atoms with Gasteiger partial charge in [-0.15, -0.1) is 0 Å². The zero-order valence-electron chi connectivity index (χ0n) is 20.4. The predicted octanol–water partition coefficient (Wildman–Crippen LogP) is 8.94. The van der Waals surface area contributed by atoms with Gasteiger partial charge in [0, 0.05) is 21.6 Å². The quantitative estimate of drug-likeness (QED) is 0.257. The van der Waals surface area contributed by atoms with Crippen molar-refractivity contribution in [1.82, 2.24) is 0 Å². The molecule has 0 aliphatic carbocycles. The molecule has 0 aliphatic rings. The molecule has 1 unspecified atom stereocenters. The maximum absolute atomic E-state index is 15.3. The van der Waals surface area contributed by atoms with Crippen LogP contribution in [0.25, 0.3) is 0 Å². The van der Waals surface area contributed by atoms with Crippen molar-refractivity contribution >= 4 is 55.0 Å². The minimum atomic E-state index is -6.95. The van der Waals surface area contributed by atoms with E-state index in [-0.39, 0.29) is 12.1 Å². The topological polar surface area (TPSA) is 49.4 Å². The summed E-state index contributed by atoms with van der Waals surface area (Å²) in [6.07, 6.45) is -13.7. The van der Waals surface area contributed by atoms with Crippen LogP contribution in [0.15, 0.2) is 63.5 Å². The minimum absolute atomic E-state index is 0.0544. The Morgan fingerprint density at radius 3 is 1.79 bits per heavy atom. The molecule has 3 aromatic rings. The van der Waals surface area contributed by atoms with E-state index in [1.165, 1.54) is 12.1 Å². The number of amides is 2. The Bertz CT molecular complexity index is 1520. The number of halogens is 13. The molecule has 17 heteroatoms. The zero-order chi connectivity index (χ0) is 32.0. The first-order valence-corrected chi connectivity index (χ1v) is 12.6. The van der Waals surface area contributed by atoms with E-state index in [1.54, 1.807) is 0 Å². The van der Waals surface area contributed by atoms with Crippen LogP contribution in [-0.2, 0) is 5.67 Å². The highest BCUT2D eigenvalue weighted by Crippen LogP contribution is 2.59. The maximum Gasteiger partial charge on any atom is 0.457 e. The Labute approximate surface area is 245 Å². The van der Waals surface area contributed by atoms with Crippen LogP contribution in [0.3, 0.4) is 0 Å². The van der Waals surface area contributed by atoms with Crippen LogP contribution in [0.2, 0.25) is 0 Å². The van der Waals surface area contributed by atoms with E-state index in [9.17, 15) is 53.5 Å². The lowest BCUT2D eigenvalue weighted by atomic mass is 9.87. The van der Waals surface area contributed by atoms with E-state index in [0.29, 0.717) is 4.90 Å². The van der Waals surface area contributed by atoms with Crippen LogP contribution < -0.4 is 10.2 Å². The SMILES string of the molecule is CN(C(=O)c1ccccc1F)c1cccc(C(=O)Nc2c(Br)cc(C(F)(C(F)(F)F)C(F)(F)C(F)(F)F)cc2Br)c1F. The first-order chi connectivity index (χ1) is 19.2. The number of hydrogen-bond acceptors (Lipinski definition) is 2. The van der Waals surface area contributed by atoms with E-state index < -0.39 is 84.4 Å². The molecule has 3 rings (SSSR count). The van der Waals surface area contributed by atoms with Crippen molar-refractivity contribution in [3.8, 4) is 0 Å². The van der Waals surface area contributed by atoms with Crippen molar-refractivity contribution in [3.05, 3.63) is 91.9 Å². The summed E-state index contributed by atoms with van der Waals surface area (Å²) in [5.74, 6) is -11.5. The lowest BCUT2D eigenvalue weighted by molar-refractivity contribution is -0.389. The first kappa shape index (κ1) is 33.3. The highest BCUT2D eigenvalue weighted by molar-refractivity contribution is 9.11. The van der Waals surface area contributed by atoms with Gasteiger partial charge in [-0.2, -0.15) is 35.1 Å². The van der Waals surface area contributed by atoms with E-state index in [1.807, 2.05) is 5.32 Å². The number of rotatable bonds is 6. The molecule has 0 spiro atoms. The molecule has 0 fully saturated rings. The molecule has 1 N–H and O–H groups in total. The molecule has 0 heterocycles. The van der Waals surface area contributed by atoms with Crippen molar-refractivity contribution in [2.45, 2.75) is 23.9 Å². The van der Waals surface area contributed by atoms with Crippen LogP contribution in [0.5, 0.6) is 0 Å². The van der Waals surface area contributed by atoms with Gasteiger partial charge in [-0.1, -0.05) is 18.2 Å². The monoisotopic (exact) mass is 740 g/mol. The molecule has 226 valence electrons. The van der Waals surface area contributed by atoms with E-state index in [4.69, 9.17) is 0 Å². The van der Waals surface area contributed by atoms with Gasteiger partial charge >= 0.3 is 23.9 Å². The molecule has 0 aromatic heterocycles. The first-order valence-electron chi connectivity index (χ1n) is 11.0. The van der Waals surface area contributed by atoms with E-state index in [2.05, 4.69) is 31.9 Å². The van der Waals surface area contributed by atoms with Crippen LogP contribution in [0.4, 0.5) is 59.7 Å². The Morgan fingerprint density at radius 2 is 1.29 bits per heavy atom. The van der Waals surface area contributed by atoms with Gasteiger partial charge in [0.1, 0.15) is 5.82 Å². The van der Waals surface area contributed by atoms with Crippen molar-refractivity contribution in [2.24, 2.45) is 0 Å². The number of carbonyl (C=O) groups excluding carboxylic acids is 2. The van der Waals surface area contributed by atoms with Crippen molar-refractivity contribution < 1.29 is 57.9 Å². The summed E-state index contributed by atoms with van der Waals surface area (Å²) in [6.45, 7) is 0. The molecule has 42 heavy (non-hydrogen) atoms. The van der Waals surface area contributed by atoms with Crippen LogP contribution >= 0.6 is 31.9 Å². The number of alkyl halides is 9. The number of nitrogens with zero attached hydrogens (tertiary/aromatic N) is 1. The number of anilines is 2. The third-order valence-electron chi connectivity index (χ3n) is 5.85. The third-order valence-corrected chi connectivity index (χ3v) is 7.10. The number of carbonyl (C=O) groups is 2. The van der Waals surface area contributed by atoms with Gasteiger partial charge in [0.25, 0.3) is 11.8 Å². The van der Waals surface area contributed by atoms with Crippen molar-refractivity contribution in [3.63, 3.8) is 0 Å². The number of benzene rings is 3. The van der Waals surface area contributed by atoms with Gasteiger partial charge in [0.2, 0.25) is 0 Å². The van der Waals surface area contributed by atoms with Crippen molar-refractivity contribution in [1.29, 1.82) is 0 Å². The summed E-state index contributed by atoms with van der Waals surface area (Å²) in [5, 5.41) is 2.01. The summed E-state index contributed by atoms with van der Waals surface area (Å²) in [4.78, 5) is 26.2. The molecule has 0 saturated carbocycles. The van der Waals surface area contributed by atoms with Crippen molar-refractivity contribution in [2.75, 3.05) is 17.3 Å². The van der Waals surface area contributed by atoms with Gasteiger partial charge in [-0.05, 0) is 68.3 Å². The molecular weight excluding hydrogens is 729 g/mol. The largest absolute Gasteiger partial charge is 0.457 e. The summed E-state index contributed by atoms with van der Waals surface area (Å²) in [5.41, 5.74) is -10.7. The fourth-order valence-electron chi connectivity index (χ4n) is 3.67. The van der Waals surface area contributed by atoms with Gasteiger partial charge in [-0.3, -0.25) is 9.59 Å². The van der Waals surface area contributed by atoms with E-state index >= 15 is 4.39 Å². The summed E-state index contributed by atoms with van der Waals surface area (Å²) >= 11 is 5.19. The summed E-state index contributed by atoms with van der Waals surface area (Å²) < 4.78 is 149. The molecule has 4 nitrogen and oxygen atoms in total. The maximum atomic E-state index is 15.3. The normalized spacial score (nSPS) is 13.9. The molecule has 0 aliphatic heterocycles. The van der Waals surface area contributed by atoms with Crippen LogP contribution in [0, 0.1) is 11.6 Å². The summed E-state index contributed by atoms with van der Waals surface area (Å²) in [7, 11) is 1.07. The molecule has 0 saturated heterocycles. The molecule has 0 radical (unpaired) electrons. The second-order valence-electron chi connectivity index (χ2n) is 8.48. The predicted molar refractivity (Wildman–Crippen MR) is 135 cm³/mol. The van der Waals surface area contributed by atoms with Crippen LogP contribution in [-0.4, -0.2) is 37.1 Å². The average molecular weight is 742 g/mol. The number of hydrogen-bond donors (Lipinski definition) is 1. The molecule has 2 amide bonds. The van der Waals surface area contributed by atoms with Gasteiger partial charge in [-0.25, -0.2) is 13.2 Å². The average Bonchev–Trinajstić information content (AvgIpc) is 2.88. The Hall–Kier alpha value is -3.21. The highest BCUT2D eigenvalue weighted by atomic mass is 79.9. The summed E-state index contributed by atoms with van der Waals surface area (Å²) in [6, 6.07) is 7.73. The lowest BCUT2D eigenvalue weighted by Gasteiger charge is -2.36. The minimum Gasteiger partial charge on any atom is -0.320 e. The second-order valence-corrected chi connectivity index (χ2v) is 10.2. The molecular formula is C25H13Br2F11N2O2. The highest BCUT2D eigenvalue weighted by Gasteiger charge is 2.81. The standard InChI is InChI=1S/C25H13Br2F11N2O2/c1-40(21(42)12-5-2-3-7-16(12)28)17-8-4-6-13(18(17)29)20(41)39-19-14(26)9-11(10-15(19)27)22(30,24(33,34)35)23(31,32)25(36,37)38/h2-10H,1H3,(H,39,41). The van der Waals surface area contributed by atoms with E-state index in [0.717, 1.165) is 37.4 Å². The fourth-order valence-corrected chi connectivity index (χ4v) is 5.05. The molecule has 3 aromatic carbocycles. The van der Waals surface area contributed by atoms with Gasteiger partial charge < -0.3 is 10.2 Å². The smallest absolute Gasteiger partial charge is 0.320 e. The lowest BCUT2D eigenvalue weighted by Crippen LogP contribution is -2.59. The van der Waals surface area contributed by atoms with Gasteiger partial charge in [0.15, 0.2) is 5.82 Å². The second kappa shape index (κ2) is 11.5. The molecule has 0 bridgehead atoms. The zero-order valence-corrected chi connectivity index (χ0v) is 23.5.